The molecule has 4 heteroatoms. The van der Waals surface area contributed by atoms with Crippen LogP contribution in [-0.4, -0.2) is 24.4 Å². The van der Waals surface area contributed by atoms with Gasteiger partial charge in [-0.15, -0.1) is 0 Å². The van der Waals surface area contributed by atoms with E-state index in [4.69, 9.17) is 22.3 Å². The maximum Gasteiger partial charge on any atom is 0.105 e. The standard InChI is InChI=1S/C6H17N3O/c7-3-1-5(2-4-8)6(9)10/h5-6,10H,1-4,7-9H2. The van der Waals surface area contributed by atoms with Crippen molar-refractivity contribution in [1.82, 2.24) is 0 Å². The van der Waals surface area contributed by atoms with Crippen LogP contribution < -0.4 is 17.2 Å². The molecule has 7 N–H and O–H groups in total. The highest BCUT2D eigenvalue weighted by molar-refractivity contribution is 4.64. The predicted octanol–water partition coefficient (Wildman–Crippen LogP) is -1.42. The Labute approximate surface area is 61.4 Å². The molecule has 0 heterocycles. The van der Waals surface area contributed by atoms with E-state index in [9.17, 15) is 0 Å². The van der Waals surface area contributed by atoms with Crippen LogP contribution in [0.15, 0.2) is 0 Å². The summed E-state index contributed by atoms with van der Waals surface area (Å²) < 4.78 is 0. The summed E-state index contributed by atoms with van der Waals surface area (Å²) in [5.41, 5.74) is 15.8. The zero-order valence-electron chi connectivity index (χ0n) is 6.16. The van der Waals surface area contributed by atoms with E-state index in [1.165, 1.54) is 0 Å². The summed E-state index contributed by atoms with van der Waals surface area (Å²) in [6.45, 7) is 1.11. The Hall–Kier alpha value is -0.160. The van der Waals surface area contributed by atoms with Crippen LogP contribution in [0.1, 0.15) is 12.8 Å². The summed E-state index contributed by atoms with van der Waals surface area (Å²) in [6.07, 6.45) is 0.719. The lowest BCUT2D eigenvalue weighted by atomic mass is 10.0. The Bertz CT molecular complexity index is 71.4. The fraction of sp³-hybridized carbons (Fsp3) is 1.00. The number of hydrogen-bond acceptors (Lipinski definition) is 4. The minimum atomic E-state index is -0.771. The molecule has 0 aliphatic heterocycles. The van der Waals surface area contributed by atoms with E-state index in [2.05, 4.69) is 0 Å². The minimum absolute atomic E-state index is 0.0648. The van der Waals surface area contributed by atoms with Crippen molar-refractivity contribution in [2.45, 2.75) is 19.1 Å². The zero-order valence-corrected chi connectivity index (χ0v) is 6.16. The summed E-state index contributed by atoms with van der Waals surface area (Å²) in [5.74, 6) is 0.0648. The van der Waals surface area contributed by atoms with Gasteiger partial charge in [0.1, 0.15) is 6.23 Å². The first kappa shape index (κ1) is 9.84. The molecule has 0 aliphatic rings. The van der Waals surface area contributed by atoms with Crippen molar-refractivity contribution in [2.24, 2.45) is 23.1 Å². The molecule has 0 bridgehead atoms. The molecule has 0 aromatic carbocycles. The first-order chi connectivity index (χ1) is 4.72. The number of hydrogen-bond donors (Lipinski definition) is 4. The molecule has 0 saturated heterocycles. The van der Waals surface area contributed by atoms with Crippen molar-refractivity contribution in [3.8, 4) is 0 Å². The fourth-order valence-corrected chi connectivity index (χ4v) is 0.914. The van der Waals surface area contributed by atoms with E-state index in [1.54, 1.807) is 0 Å². The third kappa shape index (κ3) is 3.79. The lowest BCUT2D eigenvalue weighted by Crippen LogP contribution is -2.32. The number of aliphatic hydroxyl groups excluding tert-OH is 1. The second kappa shape index (κ2) is 5.61. The van der Waals surface area contributed by atoms with E-state index in [1.807, 2.05) is 0 Å². The lowest BCUT2D eigenvalue weighted by Gasteiger charge is -2.17. The molecule has 0 amide bonds. The van der Waals surface area contributed by atoms with Crippen LogP contribution in [0.25, 0.3) is 0 Å². The van der Waals surface area contributed by atoms with Gasteiger partial charge in [-0.1, -0.05) is 0 Å². The Morgan fingerprint density at radius 1 is 1.10 bits per heavy atom. The molecule has 0 aromatic heterocycles. The molecule has 0 fully saturated rings. The van der Waals surface area contributed by atoms with Crippen LogP contribution >= 0.6 is 0 Å². The quantitative estimate of drug-likeness (QED) is 0.359. The number of nitrogens with two attached hydrogens (primary N) is 3. The summed E-state index contributed by atoms with van der Waals surface area (Å²) in [5, 5.41) is 8.94. The molecule has 0 aliphatic carbocycles. The van der Waals surface area contributed by atoms with Crippen molar-refractivity contribution in [3.63, 3.8) is 0 Å². The topological polar surface area (TPSA) is 98.3 Å². The predicted molar refractivity (Wildman–Crippen MR) is 41.0 cm³/mol. The summed E-state index contributed by atoms with van der Waals surface area (Å²) in [6, 6.07) is 0. The lowest BCUT2D eigenvalue weighted by molar-refractivity contribution is 0.106. The van der Waals surface area contributed by atoms with Gasteiger partial charge in [-0.25, -0.2) is 0 Å². The highest BCUT2D eigenvalue weighted by Crippen LogP contribution is 2.07. The van der Waals surface area contributed by atoms with Gasteiger partial charge in [-0.05, 0) is 25.9 Å². The van der Waals surface area contributed by atoms with Crippen LogP contribution in [0.5, 0.6) is 0 Å². The Morgan fingerprint density at radius 3 is 1.70 bits per heavy atom. The smallest absolute Gasteiger partial charge is 0.105 e. The minimum Gasteiger partial charge on any atom is -0.379 e. The molecular weight excluding hydrogens is 130 g/mol. The average molecular weight is 147 g/mol. The third-order valence-corrected chi connectivity index (χ3v) is 1.56. The number of rotatable bonds is 5. The largest absolute Gasteiger partial charge is 0.379 e. The van der Waals surface area contributed by atoms with Crippen LogP contribution in [0.2, 0.25) is 0 Å². The van der Waals surface area contributed by atoms with Crippen molar-refractivity contribution >= 4 is 0 Å². The summed E-state index contributed by atoms with van der Waals surface area (Å²) >= 11 is 0. The van der Waals surface area contributed by atoms with Crippen molar-refractivity contribution < 1.29 is 5.11 Å². The van der Waals surface area contributed by atoms with Gasteiger partial charge in [0.05, 0.1) is 0 Å². The van der Waals surface area contributed by atoms with Crippen molar-refractivity contribution in [3.05, 3.63) is 0 Å². The van der Waals surface area contributed by atoms with Gasteiger partial charge in [0.25, 0.3) is 0 Å². The van der Waals surface area contributed by atoms with Crippen LogP contribution in [0, 0.1) is 5.92 Å². The van der Waals surface area contributed by atoms with Gasteiger partial charge in [-0.3, -0.25) is 0 Å². The van der Waals surface area contributed by atoms with E-state index in [0.29, 0.717) is 13.1 Å². The molecule has 4 nitrogen and oxygen atoms in total. The summed E-state index contributed by atoms with van der Waals surface area (Å²) in [4.78, 5) is 0. The molecular formula is C6H17N3O. The maximum absolute atomic E-state index is 8.94. The van der Waals surface area contributed by atoms with Crippen molar-refractivity contribution in [2.75, 3.05) is 13.1 Å². The molecule has 1 atom stereocenters. The zero-order chi connectivity index (χ0) is 7.98. The van der Waals surface area contributed by atoms with Gasteiger partial charge < -0.3 is 22.3 Å². The molecule has 1 unspecified atom stereocenters. The Kier molecular flexibility index (Phi) is 5.52. The van der Waals surface area contributed by atoms with Gasteiger partial charge >= 0.3 is 0 Å². The molecule has 0 aromatic rings. The maximum atomic E-state index is 8.94. The first-order valence-electron chi connectivity index (χ1n) is 3.56. The van der Waals surface area contributed by atoms with Gasteiger partial charge in [0.15, 0.2) is 0 Å². The third-order valence-electron chi connectivity index (χ3n) is 1.56. The first-order valence-corrected chi connectivity index (χ1v) is 3.56. The van der Waals surface area contributed by atoms with E-state index >= 15 is 0 Å². The second-order valence-electron chi connectivity index (χ2n) is 2.41. The van der Waals surface area contributed by atoms with Crippen molar-refractivity contribution in [1.29, 1.82) is 0 Å². The summed E-state index contributed by atoms with van der Waals surface area (Å²) in [7, 11) is 0. The highest BCUT2D eigenvalue weighted by atomic mass is 16.3. The molecule has 62 valence electrons. The SMILES string of the molecule is NCCC(CCN)C(N)O. The van der Waals surface area contributed by atoms with Gasteiger partial charge in [0, 0.05) is 5.92 Å². The van der Waals surface area contributed by atoms with Crippen LogP contribution in [-0.2, 0) is 0 Å². The molecule has 0 radical (unpaired) electrons. The Balaban J connectivity index is 3.50. The highest BCUT2D eigenvalue weighted by Gasteiger charge is 2.12. The van der Waals surface area contributed by atoms with Crippen LogP contribution in [0.3, 0.4) is 0 Å². The number of aliphatic hydroxyl groups is 1. The molecule has 0 rings (SSSR count). The second-order valence-corrected chi connectivity index (χ2v) is 2.41. The van der Waals surface area contributed by atoms with E-state index < -0.39 is 6.23 Å². The monoisotopic (exact) mass is 147 g/mol. The van der Waals surface area contributed by atoms with Gasteiger partial charge in [0.2, 0.25) is 0 Å². The van der Waals surface area contributed by atoms with Gasteiger partial charge in [-0.2, -0.15) is 0 Å². The van der Waals surface area contributed by atoms with E-state index in [-0.39, 0.29) is 5.92 Å². The van der Waals surface area contributed by atoms with E-state index in [0.717, 1.165) is 12.8 Å². The molecule has 0 spiro atoms. The normalized spacial score (nSPS) is 14.1. The Morgan fingerprint density at radius 2 is 1.50 bits per heavy atom. The average Bonchev–Trinajstić information content (AvgIpc) is 1.87. The van der Waals surface area contributed by atoms with Crippen LogP contribution in [0.4, 0.5) is 0 Å². The molecule has 0 saturated carbocycles. The fourth-order valence-electron chi connectivity index (χ4n) is 0.914. The molecule has 10 heavy (non-hydrogen) atoms.